The van der Waals surface area contributed by atoms with Crippen LogP contribution >= 0.6 is 11.3 Å². The lowest BCUT2D eigenvalue weighted by molar-refractivity contribution is 0.0690. The molecule has 0 spiro atoms. The lowest BCUT2D eigenvalue weighted by atomic mass is 10.4. The molecule has 0 radical (unpaired) electrons. The molecule has 94 valence electrons. The van der Waals surface area contributed by atoms with Crippen LogP contribution in [0.1, 0.15) is 22.3 Å². The summed E-state index contributed by atoms with van der Waals surface area (Å²) >= 11 is 1.67. The van der Waals surface area contributed by atoms with E-state index >= 15 is 0 Å². The van der Waals surface area contributed by atoms with Crippen molar-refractivity contribution in [2.75, 3.05) is 11.4 Å². The van der Waals surface area contributed by atoms with Crippen LogP contribution in [0, 0.1) is 0 Å². The first-order valence-corrected chi connectivity index (χ1v) is 6.41. The molecular formula is C12H13N3O2S. The highest BCUT2D eigenvalue weighted by molar-refractivity contribution is 7.09. The highest BCUT2D eigenvalue weighted by Gasteiger charge is 2.11. The molecule has 18 heavy (non-hydrogen) atoms. The van der Waals surface area contributed by atoms with E-state index in [1.807, 2.05) is 29.3 Å². The molecule has 2 aromatic rings. The third-order valence-corrected chi connectivity index (χ3v) is 3.33. The number of carboxylic acids is 1. The van der Waals surface area contributed by atoms with Crippen molar-refractivity contribution in [2.45, 2.75) is 13.5 Å². The van der Waals surface area contributed by atoms with Crippen LogP contribution in [0.2, 0.25) is 0 Å². The minimum atomic E-state index is -1.06. The Morgan fingerprint density at radius 1 is 1.50 bits per heavy atom. The van der Waals surface area contributed by atoms with E-state index in [2.05, 4.69) is 9.97 Å². The van der Waals surface area contributed by atoms with Gasteiger partial charge in [0.2, 0.25) is 0 Å². The summed E-state index contributed by atoms with van der Waals surface area (Å²) < 4.78 is 0. The minimum Gasteiger partial charge on any atom is -0.476 e. The second-order valence-electron chi connectivity index (χ2n) is 3.66. The average Bonchev–Trinajstić information content (AvgIpc) is 2.89. The van der Waals surface area contributed by atoms with Crippen LogP contribution in [-0.2, 0) is 6.54 Å². The Morgan fingerprint density at radius 3 is 2.94 bits per heavy atom. The first-order valence-electron chi connectivity index (χ1n) is 5.53. The van der Waals surface area contributed by atoms with Crippen LogP contribution in [0.4, 0.5) is 5.82 Å². The van der Waals surface area contributed by atoms with Crippen molar-refractivity contribution in [3.63, 3.8) is 0 Å². The predicted octanol–water partition coefficient (Wildman–Crippen LogP) is 2.26. The SMILES string of the molecule is CCN(Cc1cccs1)c1cncc(C(=O)O)n1. The zero-order valence-corrected chi connectivity index (χ0v) is 10.7. The monoisotopic (exact) mass is 263 g/mol. The molecule has 2 aromatic heterocycles. The highest BCUT2D eigenvalue weighted by atomic mass is 32.1. The lowest BCUT2D eigenvalue weighted by Crippen LogP contribution is -2.23. The maximum Gasteiger partial charge on any atom is 0.356 e. The maximum absolute atomic E-state index is 10.9. The molecule has 5 nitrogen and oxygen atoms in total. The Balaban J connectivity index is 2.21. The molecule has 1 N–H and O–H groups in total. The van der Waals surface area contributed by atoms with E-state index in [0.717, 1.165) is 6.54 Å². The second-order valence-corrected chi connectivity index (χ2v) is 4.69. The van der Waals surface area contributed by atoms with E-state index in [4.69, 9.17) is 5.11 Å². The average molecular weight is 263 g/mol. The van der Waals surface area contributed by atoms with Crippen LogP contribution in [0.25, 0.3) is 0 Å². The number of rotatable bonds is 5. The number of hydrogen-bond acceptors (Lipinski definition) is 5. The Morgan fingerprint density at radius 2 is 2.33 bits per heavy atom. The summed E-state index contributed by atoms with van der Waals surface area (Å²) in [6, 6.07) is 4.04. The van der Waals surface area contributed by atoms with E-state index in [0.29, 0.717) is 12.4 Å². The molecular weight excluding hydrogens is 250 g/mol. The Bertz CT molecular complexity index is 528. The highest BCUT2D eigenvalue weighted by Crippen LogP contribution is 2.17. The summed E-state index contributed by atoms with van der Waals surface area (Å²) in [5.74, 6) is -0.470. The van der Waals surface area contributed by atoms with E-state index in [9.17, 15) is 4.79 Å². The van der Waals surface area contributed by atoms with Gasteiger partial charge in [0.15, 0.2) is 5.69 Å². The van der Waals surface area contributed by atoms with Gasteiger partial charge in [-0.05, 0) is 18.4 Å². The fraction of sp³-hybridized carbons (Fsp3) is 0.250. The molecule has 0 saturated carbocycles. The second kappa shape index (κ2) is 5.59. The summed E-state index contributed by atoms with van der Waals surface area (Å²) in [4.78, 5) is 22.1. The Kier molecular flexibility index (Phi) is 3.88. The summed E-state index contributed by atoms with van der Waals surface area (Å²) in [6.07, 6.45) is 2.84. The molecule has 0 saturated heterocycles. The van der Waals surface area contributed by atoms with Gasteiger partial charge in [-0.1, -0.05) is 6.07 Å². The van der Waals surface area contributed by atoms with Crippen LogP contribution in [0.15, 0.2) is 29.9 Å². The molecule has 0 bridgehead atoms. The molecule has 0 atom stereocenters. The smallest absolute Gasteiger partial charge is 0.356 e. The molecule has 0 amide bonds. The van der Waals surface area contributed by atoms with Crippen LogP contribution in [0.5, 0.6) is 0 Å². The fourth-order valence-electron chi connectivity index (χ4n) is 1.56. The summed E-state index contributed by atoms with van der Waals surface area (Å²) in [5, 5.41) is 10.9. The van der Waals surface area contributed by atoms with Gasteiger partial charge in [-0.25, -0.2) is 9.78 Å². The van der Waals surface area contributed by atoms with Crippen molar-refractivity contribution in [2.24, 2.45) is 0 Å². The van der Waals surface area contributed by atoms with Crippen LogP contribution in [-0.4, -0.2) is 27.6 Å². The zero-order chi connectivity index (χ0) is 13.0. The van der Waals surface area contributed by atoms with Gasteiger partial charge in [0.25, 0.3) is 0 Å². The molecule has 0 aliphatic carbocycles. The molecule has 6 heteroatoms. The van der Waals surface area contributed by atoms with Gasteiger partial charge in [0, 0.05) is 11.4 Å². The molecule has 0 fully saturated rings. The van der Waals surface area contributed by atoms with Crippen molar-refractivity contribution in [1.82, 2.24) is 9.97 Å². The number of hydrogen-bond donors (Lipinski definition) is 1. The number of aromatic nitrogens is 2. The van der Waals surface area contributed by atoms with Crippen LogP contribution < -0.4 is 4.90 Å². The normalized spacial score (nSPS) is 10.3. The van der Waals surface area contributed by atoms with Crippen molar-refractivity contribution in [3.05, 3.63) is 40.5 Å². The van der Waals surface area contributed by atoms with Gasteiger partial charge in [-0.15, -0.1) is 11.3 Å². The largest absolute Gasteiger partial charge is 0.476 e. The molecule has 0 aliphatic rings. The van der Waals surface area contributed by atoms with Crippen molar-refractivity contribution in [3.8, 4) is 0 Å². The van der Waals surface area contributed by atoms with Gasteiger partial charge in [0.05, 0.1) is 18.9 Å². The maximum atomic E-state index is 10.9. The van der Waals surface area contributed by atoms with Gasteiger partial charge < -0.3 is 10.0 Å². The molecule has 0 aromatic carbocycles. The van der Waals surface area contributed by atoms with Gasteiger partial charge in [-0.2, -0.15) is 0 Å². The Hall–Kier alpha value is -1.95. The number of aromatic carboxylic acids is 1. The summed E-state index contributed by atoms with van der Waals surface area (Å²) in [7, 11) is 0. The third-order valence-electron chi connectivity index (χ3n) is 2.47. The molecule has 2 rings (SSSR count). The fourth-order valence-corrected chi connectivity index (χ4v) is 2.28. The molecule has 0 aliphatic heterocycles. The molecule has 0 unspecified atom stereocenters. The lowest BCUT2D eigenvalue weighted by Gasteiger charge is -2.20. The summed E-state index contributed by atoms with van der Waals surface area (Å²) in [6.45, 7) is 3.46. The zero-order valence-electron chi connectivity index (χ0n) is 9.91. The topological polar surface area (TPSA) is 66.3 Å². The van der Waals surface area contributed by atoms with E-state index < -0.39 is 5.97 Å². The van der Waals surface area contributed by atoms with Crippen molar-refractivity contribution >= 4 is 23.1 Å². The van der Waals surface area contributed by atoms with Crippen LogP contribution in [0.3, 0.4) is 0 Å². The van der Waals surface area contributed by atoms with Crippen molar-refractivity contribution in [1.29, 1.82) is 0 Å². The number of nitrogens with zero attached hydrogens (tertiary/aromatic N) is 3. The van der Waals surface area contributed by atoms with E-state index in [1.54, 1.807) is 17.5 Å². The Labute approximate surface area is 109 Å². The predicted molar refractivity (Wildman–Crippen MR) is 70.0 cm³/mol. The quantitative estimate of drug-likeness (QED) is 0.896. The minimum absolute atomic E-state index is 0.0304. The standard InChI is InChI=1S/C12H13N3O2S/c1-2-15(8-9-4-3-5-18-9)11-7-13-6-10(14-11)12(16)17/h3-7H,2,8H2,1H3,(H,16,17). The summed E-state index contributed by atoms with van der Waals surface area (Å²) in [5.41, 5.74) is -0.0304. The van der Waals surface area contributed by atoms with Gasteiger partial charge >= 0.3 is 5.97 Å². The number of carboxylic acid groups (broad SMARTS) is 1. The van der Waals surface area contributed by atoms with Gasteiger partial charge in [0.1, 0.15) is 5.82 Å². The van der Waals surface area contributed by atoms with Crippen molar-refractivity contribution < 1.29 is 9.90 Å². The number of carbonyl (C=O) groups is 1. The number of anilines is 1. The van der Waals surface area contributed by atoms with Gasteiger partial charge in [-0.3, -0.25) is 4.98 Å². The third kappa shape index (κ3) is 2.84. The first kappa shape index (κ1) is 12.5. The van der Waals surface area contributed by atoms with E-state index in [-0.39, 0.29) is 5.69 Å². The number of thiophene rings is 1. The molecule has 2 heterocycles. The van der Waals surface area contributed by atoms with E-state index in [1.165, 1.54) is 11.1 Å². The first-order chi connectivity index (χ1) is 8.70.